The molecule has 2 unspecified atom stereocenters. The van der Waals surface area contributed by atoms with Gasteiger partial charge in [0.1, 0.15) is 28.3 Å². The van der Waals surface area contributed by atoms with Crippen LogP contribution in [-0.4, -0.2) is 56.7 Å². The number of carbonyl (C=O) groups is 3. The third-order valence-corrected chi connectivity index (χ3v) is 9.24. The van der Waals surface area contributed by atoms with Crippen LogP contribution >= 0.6 is 0 Å². The average molecular weight is 800 g/mol. The van der Waals surface area contributed by atoms with Gasteiger partial charge in [-0.1, -0.05) is 30.7 Å². The van der Waals surface area contributed by atoms with E-state index in [1.807, 2.05) is 72.7 Å². The summed E-state index contributed by atoms with van der Waals surface area (Å²) in [5.41, 5.74) is 1.67. The lowest BCUT2D eigenvalue weighted by Crippen LogP contribution is -2.44. The van der Waals surface area contributed by atoms with Crippen LogP contribution in [0.1, 0.15) is 138 Å². The molecular weight excluding hydrogens is 739 g/mol. The molecule has 58 heavy (non-hydrogen) atoms. The van der Waals surface area contributed by atoms with Gasteiger partial charge in [-0.3, -0.25) is 4.79 Å². The van der Waals surface area contributed by atoms with Crippen molar-refractivity contribution in [2.24, 2.45) is 5.92 Å². The van der Waals surface area contributed by atoms with Gasteiger partial charge >= 0.3 is 18.3 Å². The van der Waals surface area contributed by atoms with E-state index in [1.165, 1.54) is 19.4 Å². The van der Waals surface area contributed by atoms with Gasteiger partial charge in [0, 0.05) is 23.9 Å². The van der Waals surface area contributed by atoms with E-state index in [1.54, 1.807) is 64.4 Å². The van der Waals surface area contributed by atoms with Crippen LogP contribution in [0.3, 0.4) is 0 Å². The van der Waals surface area contributed by atoms with Crippen molar-refractivity contribution in [1.82, 2.24) is 19.9 Å². The van der Waals surface area contributed by atoms with Gasteiger partial charge in [0.2, 0.25) is 0 Å². The summed E-state index contributed by atoms with van der Waals surface area (Å²) in [4.78, 5) is 64.0. The van der Waals surface area contributed by atoms with Gasteiger partial charge in [-0.05, 0) is 143 Å². The molecule has 1 N–H and O–H groups in total. The van der Waals surface area contributed by atoms with E-state index in [0.29, 0.717) is 23.6 Å². The summed E-state index contributed by atoms with van der Waals surface area (Å²) >= 11 is 0. The second-order valence-corrected chi connectivity index (χ2v) is 17.7. The highest BCUT2D eigenvalue weighted by atomic mass is 16.6. The highest BCUT2D eigenvalue weighted by Crippen LogP contribution is 2.39. The van der Waals surface area contributed by atoms with E-state index in [4.69, 9.17) is 28.9 Å². The Morgan fingerprint density at radius 2 is 1.53 bits per heavy atom. The molecule has 3 amide bonds. The fraction of sp³-hybridized carbons (Fsp3) is 0.511. The van der Waals surface area contributed by atoms with Crippen LogP contribution < -0.4 is 15.8 Å². The first-order chi connectivity index (χ1) is 26.9. The molecule has 0 radical (unpaired) electrons. The standard InChI is InChI=1S/C45H61N5O8/c1-15-27(2)34(32-18-16-17-31(23-32)28(3)47-40(52)56-43(5,6)7)24-36(55-14)38-39(50(41(53)57-44(8,9)10)42(54)58-45(11,12)13)46-25-35(48-38)33-21-22-37(51)49(26-33)29(4)30-19-20-30/h16-18,21-26,28-30H,15,19-20H2,1-14H3,(H,47,52). The number of carbonyl (C=O) groups excluding carboxylic acids is 3. The molecular formula is C45H61N5O8. The first-order valence-corrected chi connectivity index (χ1v) is 19.8. The number of methoxy groups -OCH3 is 1. The highest BCUT2D eigenvalue weighted by molar-refractivity contribution is 6.10. The van der Waals surface area contributed by atoms with Gasteiger partial charge in [0.25, 0.3) is 5.56 Å². The Bertz CT molecular complexity index is 2080. The number of imide groups is 1. The number of amides is 3. The van der Waals surface area contributed by atoms with Crippen LogP contribution in [0.25, 0.3) is 22.6 Å². The Kier molecular flexibility index (Phi) is 14.0. The van der Waals surface area contributed by atoms with Crippen molar-refractivity contribution in [2.75, 3.05) is 12.0 Å². The molecule has 1 aliphatic rings. The number of ether oxygens (including phenoxy) is 4. The number of nitrogens with one attached hydrogen (secondary N) is 1. The minimum Gasteiger partial charge on any atom is -0.494 e. The number of rotatable bonds is 11. The maximum atomic E-state index is 14.0. The molecule has 1 aromatic carbocycles. The molecule has 2 heterocycles. The van der Waals surface area contributed by atoms with Gasteiger partial charge in [0.15, 0.2) is 5.82 Å². The molecule has 2 aromatic heterocycles. The fourth-order valence-corrected chi connectivity index (χ4v) is 6.03. The minimum absolute atomic E-state index is 0.00838. The van der Waals surface area contributed by atoms with E-state index in [0.717, 1.165) is 40.0 Å². The monoisotopic (exact) mass is 799 g/mol. The van der Waals surface area contributed by atoms with Crippen molar-refractivity contribution in [1.29, 1.82) is 0 Å². The quantitative estimate of drug-likeness (QED) is 0.113. The number of alkyl carbamates (subject to hydrolysis) is 1. The van der Waals surface area contributed by atoms with Gasteiger partial charge in [0.05, 0.1) is 25.0 Å². The maximum Gasteiger partial charge on any atom is 0.425 e. The lowest BCUT2D eigenvalue weighted by molar-refractivity contribution is 0.0425. The van der Waals surface area contributed by atoms with Gasteiger partial charge in [-0.15, -0.1) is 0 Å². The van der Waals surface area contributed by atoms with Crippen LogP contribution in [-0.2, 0) is 18.9 Å². The van der Waals surface area contributed by atoms with E-state index in [2.05, 4.69) is 5.32 Å². The SMILES string of the molecule is CCC(C)=C(C=C(OC)c1nc(-c2ccc(=O)n(C(C)C3CC3)c2)cnc1N(C(=O)OC(C)(C)C)C(=O)OC(C)(C)C)c1cccc(C(C)NC(=O)OC(C)(C)C)c1. The molecule has 2 atom stereocenters. The predicted molar refractivity (Wildman–Crippen MR) is 226 cm³/mol. The second kappa shape index (κ2) is 18.0. The molecule has 314 valence electrons. The van der Waals surface area contributed by atoms with E-state index >= 15 is 0 Å². The molecule has 0 spiro atoms. The number of hydrogen-bond donors (Lipinski definition) is 1. The zero-order valence-electron chi connectivity index (χ0n) is 36.6. The molecule has 4 rings (SSSR count). The van der Waals surface area contributed by atoms with Crippen molar-refractivity contribution in [3.63, 3.8) is 0 Å². The molecule has 1 aliphatic carbocycles. The van der Waals surface area contributed by atoms with E-state index in [9.17, 15) is 19.2 Å². The Morgan fingerprint density at radius 3 is 2.07 bits per heavy atom. The number of pyridine rings is 1. The molecule has 0 bridgehead atoms. The van der Waals surface area contributed by atoms with Crippen molar-refractivity contribution in [3.8, 4) is 11.3 Å². The van der Waals surface area contributed by atoms with Crippen LogP contribution in [0.5, 0.6) is 0 Å². The Labute approximate surface area is 342 Å². The largest absolute Gasteiger partial charge is 0.494 e. The normalized spacial score (nSPS) is 15.1. The number of nitrogens with zero attached hydrogens (tertiary/aromatic N) is 4. The summed E-state index contributed by atoms with van der Waals surface area (Å²) in [5.74, 6) is 0.407. The number of aromatic nitrogens is 3. The first kappa shape index (κ1) is 45.2. The molecule has 0 saturated heterocycles. The summed E-state index contributed by atoms with van der Waals surface area (Å²) in [5, 5.41) is 2.91. The molecule has 13 nitrogen and oxygen atoms in total. The van der Waals surface area contributed by atoms with Gasteiger partial charge < -0.3 is 28.8 Å². The van der Waals surface area contributed by atoms with E-state index in [-0.39, 0.29) is 34.9 Å². The van der Waals surface area contributed by atoms with Crippen LogP contribution in [0, 0.1) is 5.92 Å². The molecule has 1 fully saturated rings. The van der Waals surface area contributed by atoms with Crippen molar-refractivity contribution >= 4 is 35.4 Å². The third kappa shape index (κ3) is 12.3. The van der Waals surface area contributed by atoms with E-state index < -0.39 is 35.1 Å². The lowest BCUT2D eigenvalue weighted by atomic mass is 9.95. The number of anilines is 1. The zero-order valence-corrected chi connectivity index (χ0v) is 36.6. The Hall–Kier alpha value is -5.46. The van der Waals surface area contributed by atoms with Crippen molar-refractivity contribution in [3.05, 3.63) is 87.6 Å². The van der Waals surface area contributed by atoms with Crippen molar-refractivity contribution in [2.45, 2.75) is 138 Å². The summed E-state index contributed by atoms with van der Waals surface area (Å²) < 4.78 is 24.7. The summed E-state index contributed by atoms with van der Waals surface area (Å²) in [6.45, 7) is 23.5. The first-order valence-electron chi connectivity index (χ1n) is 19.8. The molecule has 3 aromatic rings. The molecule has 13 heteroatoms. The number of benzene rings is 1. The summed E-state index contributed by atoms with van der Waals surface area (Å²) in [6.07, 6.45) is 5.20. The third-order valence-electron chi connectivity index (χ3n) is 9.24. The summed E-state index contributed by atoms with van der Waals surface area (Å²) in [7, 11) is 1.47. The predicted octanol–water partition coefficient (Wildman–Crippen LogP) is 10.4. The fourth-order valence-electron chi connectivity index (χ4n) is 6.03. The number of allylic oxidation sites excluding steroid dienone is 3. The Balaban J connectivity index is 1.96. The minimum atomic E-state index is -1.02. The van der Waals surface area contributed by atoms with Crippen LogP contribution in [0.2, 0.25) is 0 Å². The topological polar surface area (TPSA) is 151 Å². The zero-order chi connectivity index (χ0) is 43.3. The molecule has 0 aliphatic heterocycles. The Morgan fingerprint density at radius 1 is 0.931 bits per heavy atom. The smallest absolute Gasteiger partial charge is 0.425 e. The van der Waals surface area contributed by atoms with Gasteiger partial charge in [-0.25, -0.2) is 24.4 Å². The van der Waals surface area contributed by atoms with Crippen LogP contribution in [0.4, 0.5) is 20.2 Å². The summed E-state index contributed by atoms with van der Waals surface area (Å²) in [6, 6.07) is 10.5. The van der Waals surface area contributed by atoms with Crippen LogP contribution in [0.15, 0.2) is 65.2 Å². The highest BCUT2D eigenvalue weighted by Gasteiger charge is 2.37. The van der Waals surface area contributed by atoms with Gasteiger partial charge in [-0.2, -0.15) is 4.90 Å². The second-order valence-electron chi connectivity index (χ2n) is 17.7. The number of hydrogen-bond acceptors (Lipinski definition) is 10. The lowest BCUT2D eigenvalue weighted by Gasteiger charge is -2.29. The average Bonchev–Trinajstić information content (AvgIpc) is 3.96. The van der Waals surface area contributed by atoms with Crippen molar-refractivity contribution < 1.29 is 33.3 Å². The molecule has 1 saturated carbocycles. The maximum absolute atomic E-state index is 14.0.